The van der Waals surface area contributed by atoms with Crippen molar-refractivity contribution in [3.8, 4) is 0 Å². The number of hydrogen-bond donors (Lipinski definition) is 0. The van der Waals surface area contributed by atoms with Gasteiger partial charge in [0.2, 0.25) is 0 Å². The summed E-state index contributed by atoms with van der Waals surface area (Å²) in [7, 11) is 1.82. The molecule has 0 aromatic carbocycles. The molecule has 0 spiro atoms. The van der Waals surface area contributed by atoms with Crippen LogP contribution in [0, 0.1) is 0 Å². The van der Waals surface area contributed by atoms with E-state index >= 15 is 0 Å². The van der Waals surface area contributed by atoms with Crippen LogP contribution in [0.1, 0.15) is 6.92 Å². The van der Waals surface area contributed by atoms with E-state index < -0.39 is 0 Å². The second-order valence-electron chi connectivity index (χ2n) is 2.50. The highest BCUT2D eigenvalue weighted by Crippen LogP contribution is 1.97. The van der Waals surface area contributed by atoms with E-state index in [1.165, 1.54) is 0 Å². The van der Waals surface area contributed by atoms with Crippen LogP contribution in [0.5, 0.6) is 0 Å². The summed E-state index contributed by atoms with van der Waals surface area (Å²) in [4.78, 5) is 12.6. The number of esters is 1. The molecule has 0 saturated carbocycles. The van der Waals surface area contributed by atoms with Gasteiger partial charge in [0, 0.05) is 7.05 Å². The zero-order valence-corrected chi connectivity index (χ0v) is 7.28. The highest BCUT2D eigenvalue weighted by atomic mass is 16.5. The van der Waals surface area contributed by atoms with Crippen LogP contribution in [0.4, 0.5) is 0 Å². The fourth-order valence-electron chi connectivity index (χ4n) is 0.898. The number of hydrazone groups is 1. The third-order valence-electron chi connectivity index (χ3n) is 1.36. The van der Waals surface area contributed by atoms with E-state index in [1.807, 2.05) is 7.05 Å². The van der Waals surface area contributed by atoms with Crippen molar-refractivity contribution < 1.29 is 9.53 Å². The van der Waals surface area contributed by atoms with Crippen molar-refractivity contribution in [2.75, 3.05) is 26.9 Å². The SMILES string of the molecule is CCOC(=O)CN1[C+]=NN(C)C1. The Morgan fingerprint density at radius 3 is 3.00 bits per heavy atom. The van der Waals surface area contributed by atoms with Gasteiger partial charge in [0.1, 0.15) is 5.10 Å². The quantitative estimate of drug-likeness (QED) is 0.426. The first-order valence-electron chi connectivity index (χ1n) is 3.80. The molecule has 5 heteroatoms. The molecule has 0 unspecified atom stereocenters. The summed E-state index contributed by atoms with van der Waals surface area (Å²) in [6.07, 6.45) is 2.68. The Balaban J connectivity index is 2.24. The minimum absolute atomic E-state index is 0.224. The van der Waals surface area contributed by atoms with Gasteiger partial charge in [-0.05, 0) is 6.92 Å². The van der Waals surface area contributed by atoms with Gasteiger partial charge in [0.25, 0.3) is 0 Å². The second kappa shape index (κ2) is 3.88. The first-order chi connectivity index (χ1) is 5.72. The molecule has 0 radical (unpaired) electrons. The highest BCUT2D eigenvalue weighted by molar-refractivity contribution is 5.75. The van der Waals surface area contributed by atoms with Gasteiger partial charge in [-0.15, -0.1) is 4.90 Å². The van der Waals surface area contributed by atoms with Gasteiger partial charge in [0.15, 0.2) is 13.2 Å². The molecule has 0 aliphatic carbocycles. The lowest BCUT2D eigenvalue weighted by Crippen LogP contribution is -2.31. The topological polar surface area (TPSA) is 45.1 Å². The molecule has 0 aromatic heterocycles. The number of ether oxygens (including phenoxy) is 1. The summed E-state index contributed by atoms with van der Waals surface area (Å²) in [6.45, 7) is 3.02. The molecule has 1 heterocycles. The average Bonchev–Trinajstić information content (AvgIpc) is 2.36. The smallest absolute Gasteiger partial charge is 0.465 e. The lowest BCUT2D eigenvalue weighted by molar-refractivity contribution is -0.143. The lowest BCUT2D eigenvalue weighted by Gasteiger charge is -2.04. The maximum Gasteiger partial charge on any atom is 0.544 e. The van der Waals surface area contributed by atoms with Crippen LogP contribution in [0.2, 0.25) is 0 Å². The Hall–Kier alpha value is -1.35. The fourth-order valence-corrected chi connectivity index (χ4v) is 0.898. The van der Waals surface area contributed by atoms with Crippen molar-refractivity contribution in [3.05, 3.63) is 0 Å². The van der Waals surface area contributed by atoms with Gasteiger partial charge in [-0.2, -0.15) is 0 Å². The summed E-state index contributed by atoms with van der Waals surface area (Å²) >= 11 is 0. The van der Waals surface area contributed by atoms with Crippen molar-refractivity contribution in [2.24, 2.45) is 5.10 Å². The molecule has 1 aliphatic heterocycles. The molecular formula is C7H12N3O2+. The van der Waals surface area contributed by atoms with Gasteiger partial charge in [-0.3, -0.25) is 0 Å². The standard InChI is InChI=1S/C7H12N3O2/c1-3-12-7(11)4-10-5-8-9(2)6-10/h3-4,6H2,1-2H3/q+1. The molecular weight excluding hydrogens is 158 g/mol. The maximum absolute atomic E-state index is 10.9. The molecule has 5 nitrogen and oxygen atoms in total. The molecule has 0 N–H and O–H groups in total. The van der Waals surface area contributed by atoms with Crippen molar-refractivity contribution >= 4 is 12.3 Å². The zero-order chi connectivity index (χ0) is 8.97. The molecule has 66 valence electrons. The Morgan fingerprint density at radius 2 is 2.50 bits per heavy atom. The van der Waals surface area contributed by atoms with E-state index in [2.05, 4.69) is 11.4 Å². The molecule has 0 amide bonds. The highest BCUT2D eigenvalue weighted by Gasteiger charge is 2.27. The summed E-state index contributed by atoms with van der Waals surface area (Å²) in [5.41, 5.74) is 0. The van der Waals surface area contributed by atoms with Crippen molar-refractivity contribution in [2.45, 2.75) is 6.92 Å². The predicted octanol–water partition coefficient (Wildman–Crippen LogP) is -0.425. The van der Waals surface area contributed by atoms with Crippen LogP contribution >= 0.6 is 0 Å². The maximum atomic E-state index is 10.9. The van der Waals surface area contributed by atoms with Gasteiger partial charge < -0.3 is 4.74 Å². The van der Waals surface area contributed by atoms with Crippen LogP contribution in [0.15, 0.2) is 5.10 Å². The first kappa shape index (κ1) is 8.74. The van der Waals surface area contributed by atoms with Crippen LogP contribution in [0.3, 0.4) is 0 Å². The molecule has 1 aliphatic rings. The minimum atomic E-state index is -0.240. The Morgan fingerprint density at radius 1 is 1.75 bits per heavy atom. The number of nitrogens with zero attached hydrogens (tertiary/aromatic N) is 3. The van der Waals surface area contributed by atoms with Gasteiger partial charge >= 0.3 is 12.3 Å². The largest absolute Gasteiger partial charge is 0.544 e. The van der Waals surface area contributed by atoms with E-state index in [0.717, 1.165) is 0 Å². The second-order valence-corrected chi connectivity index (χ2v) is 2.50. The average molecular weight is 170 g/mol. The Labute approximate surface area is 71.6 Å². The molecule has 12 heavy (non-hydrogen) atoms. The number of carbonyl (C=O) groups excluding carboxylic acids is 1. The number of carbonyl (C=O) groups is 1. The molecule has 0 aromatic rings. The zero-order valence-electron chi connectivity index (χ0n) is 7.28. The fraction of sp³-hybridized carbons (Fsp3) is 0.714. The van der Waals surface area contributed by atoms with Crippen LogP contribution in [-0.2, 0) is 9.53 Å². The number of hydrogen-bond acceptors (Lipinski definition) is 5. The van der Waals surface area contributed by atoms with Gasteiger partial charge in [0.05, 0.1) is 6.61 Å². The molecule has 0 atom stereocenters. The van der Waals surface area contributed by atoms with Crippen molar-refractivity contribution in [3.63, 3.8) is 0 Å². The van der Waals surface area contributed by atoms with Crippen molar-refractivity contribution in [1.29, 1.82) is 0 Å². The molecule has 0 fully saturated rings. The van der Waals surface area contributed by atoms with E-state index in [0.29, 0.717) is 13.3 Å². The monoisotopic (exact) mass is 170 g/mol. The Kier molecular flexibility index (Phi) is 2.82. The normalized spacial score (nSPS) is 14.8. The van der Waals surface area contributed by atoms with E-state index in [9.17, 15) is 4.79 Å². The van der Waals surface area contributed by atoms with E-state index in [-0.39, 0.29) is 12.5 Å². The number of rotatable bonds is 3. The lowest BCUT2D eigenvalue weighted by atomic mass is 10.6. The summed E-state index contributed by atoms with van der Waals surface area (Å²) in [5, 5.41) is 5.53. The van der Waals surface area contributed by atoms with Crippen LogP contribution < -0.4 is 0 Å². The van der Waals surface area contributed by atoms with Gasteiger partial charge in [-0.25, -0.2) is 9.80 Å². The third-order valence-corrected chi connectivity index (χ3v) is 1.36. The minimum Gasteiger partial charge on any atom is -0.465 e. The molecule has 1 rings (SSSR count). The first-order valence-corrected chi connectivity index (χ1v) is 3.80. The third kappa shape index (κ3) is 2.36. The summed E-state index contributed by atoms with van der Waals surface area (Å²) in [6, 6.07) is 0. The summed E-state index contributed by atoms with van der Waals surface area (Å²) < 4.78 is 4.76. The van der Waals surface area contributed by atoms with E-state index in [4.69, 9.17) is 4.74 Å². The molecule has 0 saturated heterocycles. The summed E-state index contributed by atoms with van der Waals surface area (Å²) in [5.74, 6) is -0.240. The molecule has 0 bridgehead atoms. The predicted molar refractivity (Wildman–Crippen MR) is 43.4 cm³/mol. The van der Waals surface area contributed by atoms with Crippen LogP contribution in [-0.4, -0.2) is 49.1 Å². The van der Waals surface area contributed by atoms with Crippen LogP contribution in [0.25, 0.3) is 0 Å². The van der Waals surface area contributed by atoms with Crippen molar-refractivity contribution in [1.82, 2.24) is 9.91 Å². The Bertz CT molecular complexity index is 193. The van der Waals surface area contributed by atoms with Gasteiger partial charge in [-0.1, -0.05) is 0 Å². The van der Waals surface area contributed by atoms with E-state index in [1.54, 1.807) is 16.8 Å².